The van der Waals surface area contributed by atoms with Crippen LogP contribution in [0.3, 0.4) is 0 Å². The standard InChI is InChI=1S/C24H28F4O3/c1-3-5-14-30-21-13-11-19(22(23(21)25)24(26,27)28)17-8-12-20(31-15-17)16-6-9-18(10-7-16)29-4-2/h6-7,9-11,13,17,20H,3-5,8,12,14-15H2,1-2H3. The average molecular weight is 440 g/mol. The van der Waals surface area contributed by atoms with Gasteiger partial charge < -0.3 is 14.2 Å². The Hall–Kier alpha value is -2.28. The smallest absolute Gasteiger partial charge is 0.419 e. The Kier molecular flexibility index (Phi) is 7.81. The van der Waals surface area contributed by atoms with Crippen molar-refractivity contribution in [3.8, 4) is 11.5 Å². The summed E-state index contributed by atoms with van der Waals surface area (Å²) >= 11 is 0. The van der Waals surface area contributed by atoms with E-state index in [4.69, 9.17) is 14.2 Å². The predicted octanol–water partition coefficient (Wildman–Crippen LogP) is 7.06. The number of alkyl halides is 3. The number of rotatable bonds is 8. The first-order chi connectivity index (χ1) is 14.8. The van der Waals surface area contributed by atoms with Crippen molar-refractivity contribution < 1.29 is 31.8 Å². The molecular formula is C24H28F4O3. The van der Waals surface area contributed by atoms with Crippen LogP contribution in [0.1, 0.15) is 68.2 Å². The van der Waals surface area contributed by atoms with Gasteiger partial charge in [-0.2, -0.15) is 13.2 Å². The Balaban J connectivity index is 1.75. The molecule has 1 saturated heterocycles. The molecule has 1 heterocycles. The molecule has 0 radical (unpaired) electrons. The van der Waals surface area contributed by atoms with Crippen molar-refractivity contribution in [1.29, 1.82) is 0 Å². The topological polar surface area (TPSA) is 27.7 Å². The monoisotopic (exact) mass is 440 g/mol. The minimum atomic E-state index is -4.81. The molecule has 0 N–H and O–H groups in total. The summed E-state index contributed by atoms with van der Waals surface area (Å²) in [5.74, 6) is -1.47. The fourth-order valence-corrected chi connectivity index (χ4v) is 3.84. The second kappa shape index (κ2) is 10.4. The van der Waals surface area contributed by atoms with E-state index >= 15 is 0 Å². The molecule has 7 heteroatoms. The van der Waals surface area contributed by atoms with Gasteiger partial charge in [0.05, 0.1) is 31.5 Å². The van der Waals surface area contributed by atoms with Crippen molar-refractivity contribution in [1.82, 2.24) is 0 Å². The molecule has 2 aromatic rings. The van der Waals surface area contributed by atoms with Crippen LogP contribution >= 0.6 is 0 Å². The minimum absolute atomic E-state index is 0.0713. The number of hydrogen-bond acceptors (Lipinski definition) is 3. The molecule has 2 unspecified atom stereocenters. The summed E-state index contributed by atoms with van der Waals surface area (Å²) in [6, 6.07) is 10.1. The molecule has 0 amide bonds. The van der Waals surface area contributed by atoms with Gasteiger partial charge in [-0.1, -0.05) is 31.5 Å². The van der Waals surface area contributed by atoms with Gasteiger partial charge in [0.1, 0.15) is 5.75 Å². The van der Waals surface area contributed by atoms with E-state index in [9.17, 15) is 17.6 Å². The Morgan fingerprint density at radius 3 is 2.32 bits per heavy atom. The molecule has 170 valence electrons. The molecular weight excluding hydrogens is 412 g/mol. The molecule has 0 bridgehead atoms. The van der Waals surface area contributed by atoms with Crippen molar-refractivity contribution in [2.45, 2.75) is 57.7 Å². The highest BCUT2D eigenvalue weighted by Crippen LogP contribution is 2.44. The van der Waals surface area contributed by atoms with Gasteiger partial charge in [0, 0.05) is 5.92 Å². The quantitative estimate of drug-likeness (QED) is 0.325. The molecule has 2 aromatic carbocycles. The van der Waals surface area contributed by atoms with Crippen LogP contribution in [0.25, 0.3) is 0 Å². The Morgan fingerprint density at radius 2 is 1.74 bits per heavy atom. The van der Waals surface area contributed by atoms with E-state index in [1.807, 2.05) is 38.1 Å². The third-order valence-corrected chi connectivity index (χ3v) is 5.46. The van der Waals surface area contributed by atoms with Crippen LogP contribution in [0.4, 0.5) is 17.6 Å². The highest BCUT2D eigenvalue weighted by atomic mass is 19.4. The zero-order valence-corrected chi connectivity index (χ0v) is 17.8. The first-order valence-corrected chi connectivity index (χ1v) is 10.7. The summed E-state index contributed by atoms with van der Waals surface area (Å²) in [5, 5.41) is 0. The molecule has 0 spiro atoms. The van der Waals surface area contributed by atoms with Crippen molar-refractivity contribution in [2.24, 2.45) is 0 Å². The number of benzene rings is 2. The van der Waals surface area contributed by atoms with Crippen molar-refractivity contribution in [2.75, 3.05) is 19.8 Å². The first-order valence-electron chi connectivity index (χ1n) is 10.7. The molecule has 3 nitrogen and oxygen atoms in total. The Labute approximate surface area is 180 Å². The van der Waals surface area contributed by atoms with Crippen molar-refractivity contribution >= 4 is 0 Å². The molecule has 0 aliphatic carbocycles. The van der Waals surface area contributed by atoms with Crippen molar-refractivity contribution in [3.63, 3.8) is 0 Å². The number of halogens is 4. The number of hydrogen-bond donors (Lipinski definition) is 0. The summed E-state index contributed by atoms with van der Waals surface area (Å²) < 4.78 is 72.5. The van der Waals surface area contributed by atoms with E-state index in [1.165, 1.54) is 12.1 Å². The van der Waals surface area contributed by atoms with Crippen LogP contribution in [0.15, 0.2) is 36.4 Å². The van der Waals surface area contributed by atoms with E-state index in [2.05, 4.69) is 0 Å². The van der Waals surface area contributed by atoms with Gasteiger partial charge >= 0.3 is 6.18 Å². The van der Waals surface area contributed by atoms with Gasteiger partial charge in [0.15, 0.2) is 11.6 Å². The molecule has 3 rings (SSSR count). The summed E-state index contributed by atoms with van der Waals surface area (Å²) in [4.78, 5) is 0. The molecule has 0 saturated carbocycles. The predicted molar refractivity (Wildman–Crippen MR) is 110 cm³/mol. The van der Waals surface area contributed by atoms with Crippen LogP contribution in [0.2, 0.25) is 0 Å². The summed E-state index contributed by atoms with van der Waals surface area (Å²) in [7, 11) is 0. The molecule has 31 heavy (non-hydrogen) atoms. The second-order valence-electron chi connectivity index (χ2n) is 7.64. The normalized spacial score (nSPS) is 19.3. The zero-order valence-electron chi connectivity index (χ0n) is 17.8. The number of unbranched alkanes of at least 4 members (excludes halogenated alkanes) is 1. The third kappa shape index (κ3) is 5.70. The van der Waals surface area contributed by atoms with Gasteiger partial charge in [-0.25, -0.2) is 4.39 Å². The minimum Gasteiger partial charge on any atom is -0.494 e. The highest BCUT2D eigenvalue weighted by molar-refractivity contribution is 5.42. The second-order valence-corrected chi connectivity index (χ2v) is 7.64. The van der Waals surface area contributed by atoms with E-state index in [0.29, 0.717) is 25.9 Å². The van der Waals surface area contributed by atoms with Crippen LogP contribution in [-0.2, 0) is 10.9 Å². The van der Waals surface area contributed by atoms with Crippen LogP contribution < -0.4 is 9.47 Å². The lowest BCUT2D eigenvalue weighted by Gasteiger charge is -2.31. The van der Waals surface area contributed by atoms with E-state index in [1.54, 1.807) is 0 Å². The Morgan fingerprint density at radius 1 is 1.00 bits per heavy atom. The maximum atomic E-state index is 14.8. The maximum absolute atomic E-state index is 14.8. The SMILES string of the molecule is CCCCOc1ccc(C2CCC(c3ccc(OCC)cc3)OC2)c(C(F)(F)F)c1F. The number of ether oxygens (including phenoxy) is 3. The van der Waals surface area contributed by atoms with Gasteiger partial charge in [-0.3, -0.25) is 0 Å². The van der Waals surface area contributed by atoms with Crippen molar-refractivity contribution in [3.05, 3.63) is 58.9 Å². The first kappa shape index (κ1) is 23.4. The van der Waals surface area contributed by atoms with Gasteiger partial charge in [-0.05, 0) is 55.5 Å². The van der Waals surface area contributed by atoms with E-state index < -0.39 is 23.5 Å². The van der Waals surface area contributed by atoms with E-state index in [0.717, 1.165) is 17.7 Å². The van der Waals surface area contributed by atoms with Crippen LogP contribution in [0, 0.1) is 5.82 Å². The van der Waals surface area contributed by atoms with E-state index in [-0.39, 0.29) is 30.6 Å². The Bertz CT molecular complexity index is 841. The third-order valence-electron chi connectivity index (χ3n) is 5.46. The lowest BCUT2D eigenvalue weighted by atomic mass is 9.86. The van der Waals surface area contributed by atoms with Gasteiger partial charge in [-0.15, -0.1) is 0 Å². The van der Waals surface area contributed by atoms with Crippen LogP contribution in [0.5, 0.6) is 11.5 Å². The molecule has 1 aliphatic heterocycles. The zero-order chi connectivity index (χ0) is 22.4. The molecule has 1 aliphatic rings. The summed E-state index contributed by atoms with van der Waals surface area (Å²) in [6.07, 6.45) is -2.55. The lowest BCUT2D eigenvalue weighted by molar-refractivity contribution is -0.141. The average Bonchev–Trinajstić information content (AvgIpc) is 2.75. The fraction of sp³-hybridized carbons (Fsp3) is 0.500. The van der Waals surface area contributed by atoms with Gasteiger partial charge in [0.25, 0.3) is 0 Å². The van der Waals surface area contributed by atoms with Gasteiger partial charge in [0.2, 0.25) is 0 Å². The van der Waals surface area contributed by atoms with Crippen LogP contribution in [-0.4, -0.2) is 19.8 Å². The lowest BCUT2D eigenvalue weighted by Crippen LogP contribution is -2.23. The largest absolute Gasteiger partial charge is 0.494 e. The molecule has 1 fully saturated rings. The maximum Gasteiger partial charge on any atom is 0.419 e. The molecule has 0 aromatic heterocycles. The fourth-order valence-electron chi connectivity index (χ4n) is 3.84. The highest BCUT2D eigenvalue weighted by Gasteiger charge is 2.41. The summed E-state index contributed by atoms with van der Waals surface area (Å²) in [5.41, 5.74) is -0.364. The summed E-state index contributed by atoms with van der Waals surface area (Å²) in [6.45, 7) is 4.67. The molecule has 2 atom stereocenters.